The van der Waals surface area contributed by atoms with Crippen LogP contribution in [0.15, 0.2) is 47.9 Å². The lowest BCUT2D eigenvalue weighted by atomic mass is 10.4. The maximum atomic E-state index is 2.82. The number of hydrogen-bond donors (Lipinski definition) is 0. The molecule has 1 rings (SSSR count). The van der Waals surface area contributed by atoms with E-state index in [0.29, 0.717) is 0 Å². The molecule has 0 spiro atoms. The highest BCUT2D eigenvalue weighted by Gasteiger charge is 1.60. The molecule has 0 radical (unpaired) electrons. The molecule has 1 aliphatic carbocycles. The van der Waals surface area contributed by atoms with Gasteiger partial charge in [0.05, 0.1) is 0 Å². The minimum atomic E-state index is 1.77. The summed E-state index contributed by atoms with van der Waals surface area (Å²) in [5.74, 6) is 5.64. The molecule has 0 aromatic carbocycles. The molecule has 0 aromatic heterocycles. The number of hydrogen-bond acceptors (Lipinski definition) is 0. The Morgan fingerprint density at radius 3 is 1.70 bits per heavy atom. The summed E-state index contributed by atoms with van der Waals surface area (Å²) in [6.45, 7) is 0. The molecule has 0 N–H and O–H groups in total. The maximum absolute atomic E-state index is 2.82. The Morgan fingerprint density at radius 2 is 1.20 bits per heavy atom. The first-order chi connectivity index (χ1) is 5.00. The molecule has 0 saturated heterocycles. The van der Waals surface area contributed by atoms with Crippen molar-refractivity contribution in [2.75, 3.05) is 0 Å². The summed E-state index contributed by atoms with van der Waals surface area (Å²) in [5.41, 5.74) is 5.64. The quantitative estimate of drug-likeness (QED) is 0.344. The molecule has 0 aromatic rings. The van der Waals surface area contributed by atoms with Gasteiger partial charge in [-0.25, -0.2) is 0 Å². The zero-order valence-electron chi connectivity index (χ0n) is 5.46. The summed E-state index contributed by atoms with van der Waals surface area (Å²) in [5, 5.41) is 0. The molecule has 0 atom stereocenters. The molecule has 0 heteroatoms. The zero-order valence-corrected chi connectivity index (χ0v) is 5.46. The topological polar surface area (TPSA) is 0 Å². The molecule has 46 valence electrons. The van der Waals surface area contributed by atoms with Crippen molar-refractivity contribution < 1.29 is 0 Å². The summed E-state index contributed by atoms with van der Waals surface area (Å²) in [6, 6.07) is 0. The van der Waals surface area contributed by atoms with Crippen molar-refractivity contribution in [1.82, 2.24) is 0 Å². The monoisotopic (exact) mass is 126 g/mol. The van der Waals surface area contributed by atoms with Gasteiger partial charge in [0.15, 0.2) is 0 Å². The second kappa shape index (κ2) is 4.24. The summed E-state index contributed by atoms with van der Waals surface area (Å²) in [4.78, 5) is 0. The minimum Gasteiger partial charge on any atom is -0.0702 e. The van der Waals surface area contributed by atoms with Crippen molar-refractivity contribution in [3.8, 4) is 11.8 Å². The third-order valence-corrected chi connectivity index (χ3v) is 0.885. The van der Waals surface area contributed by atoms with Gasteiger partial charge in [-0.3, -0.25) is 0 Å². The van der Waals surface area contributed by atoms with E-state index in [1.165, 1.54) is 0 Å². The summed E-state index contributed by atoms with van der Waals surface area (Å²) in [6.07, 6.45) is 10.7. The van der Waals surface area contributed by atoms with E-state index in [1.54, 1.807) is 24.3 Å². The van der Waals surface area contributed by atoms with Gasteiger partial charge < -0.3 is 0 Å². The highest BCUT2D eigenvalue weighted by molar-refractivity contribution is 5.28. The molecule has 0 bridgehead atoms. The molecule has 0 fully saturated rings. The van der Waals surface area contributed by atoms with Gasteiger partial charge in [0.25, 0.3) is 0 Å². The van der Waals surface area contributed by atoms with Crippen molar-refractivity contribution in [1.29, 1.82) is 0 Å². The number of rotatable bonds is 0. The largest absolute Gasteiger partial charge is 0.0702 e. The van der Waals surface area contributed by atoms with Crippen LogP contribution in [0.25, 0.3) is 0 Å². The van der Waals surface area contributed by atoms with Crippen LogP contribution in [0.2, 0.25) is 0 Å². The zero-order chi connectivity index (χ0) is 7.07. The van der Waals surface area contributed by atoms with Crippen LogP contribution in [0.1, 0.15) is 0 Å². The molecule has 0 heterocycles. The first-order valence-corrected chi connectivity index (χ1v) is 2.99. The fourth-order valence-corrected chi connectivity index (χ4v) is 0.481. The Hall–Kier alpha value is -1.66. The van der Waals surface area contributed by atoms with Crippen LogP contribution < -0.4 is 0 Å². The molecule has 0 unspecified atom stereocenters. The predicted octanol–water partition coefficient (Wildman–Crippen LogP) is 1.98. The normalized spacial score (nSPS) is 19.2. The number of allylic oxidation sites excluding steroid dienone is 6. The average Bonchev–Trinajstić information content (AvgIpc) is 2.01. The Bertz CT molecular complexity index is 274. The van der Waals surface area contributed by atoms with Crippen LogP contribution in [-0.2, 0) is 0 Å². The second-order valence-electron chi connectivity index (χ2n) is 1.63. The molecular formula is C10H6. The van der Waals surface area contributed by atoms with Gasteiger partial charge in [-0.05, 0) is 36.5 Å². The van der Waals surface area contributed by atoms with Gasteiger partial charge in [-0.2, -0.15) is 0 Å². The lowest BCUT2D eigenvalue weighted by molar-refractivity contribution is 1.93. The van der Waals surface area contributed by atoms with Crippen molar-refractivity contribution >= 4 is 0 Å². The van der Waals surface area contributed by atoms with Crippen molar-refractivity contribution in [2.24, 2.45) is 0 Å². The summed E-state index contributed by atoms with van der Waals surface area (Å²) < 4.78 is 0. The Morgan fingerprint density at radius 1 is 0.700 bits per heavy atom. The van der Waals surface area contributed by atoms with Crippen molar-refractivity contribution in [3.63, 3.8) is 0 Å². The Balaban J connectivity index is 2.97. The van der Waals surface area contributed by atoms with E-state index in [-0.39, 0.29) is 0 Å². The molecule has 0 saturated carbocycles. The first kappa shape index (κ1) is 6.46. The van der Waals surface area contributed by atoms with Crippen molar-refractivity contribution in [2.45, 2.75) is 0 Å². The SMILES string of the molecule is C1=C=C/C=C/C#C/C=C\C=1. The van der Waals surface area contributed by atoms with E-state index in [4.69, 9.17) is 0 Å². The lowest BCUT2D eigenvalue weighted by Crippen LogP contribution is -1.52. The Labute approximate surface area is 60.6 Å². The minimum absolute atomic E-state index is 1.77. The highest BCUT2D eigenvalue weighted by atomic mass is 13.7. The molecule has 0 nitrogen and oxygen atoms in total. The molecule has 0 aliphatic heterocycles. The highest BCUT2D eigenvalue weighted by Crippen LogP contribution is 1.77. The van der Waals surface area contributed by atoms with E-state index in [1.807, 2.05) is 12.2 Å². The van der Waals surface area contributed by atoms with Gasteiger partial charge >= 0.3 is 0 Å². The van der Waals surface area contributed by atoms with E-state index in [9.17, 15) is 0 Å². The molecule has 0 amide bonds. The van der Waals surface area contributed by atoms with Crippen LogP contribution >= 0.6 is 0 Å². The fourth-order valence-electron chi connectivity index (χ4n) is 0.481. The van der Waals surface area contributed by atoms with Crippen LogP contribution in [0.3, 0.4) is 0 Å². The van der Waals surface area contributed by atoms with Crippen LogP contribution in [0, 0.1) is 11.8 Å². The average molecular weight is 126 g/mol. The molecular weight excluding hydrogens is 120 g/mol. The molecule has 1 aliphatic rings. The predicted molar refractivity (Wildman–Crippen MR) is 42.2 cm³/mol. The van der Waals surface area contributed by atoms with Crippen LogP contribution in [0.4, 0.5) is 0 Å². The standard InChI is InChI=1S/C10H6/c1-2-4-6-8-10-9-7-5-3-1/h1-3,8-10H/b2-1-,3-1?,10-8+,10-9?. The van der Waals surface area contributed by atoms with Gasteiger partial charge in [-0.15, -0.1) is 0 Å². The lowest BCUT2D eigenvalue weighted by Gasteiger charge is -1.67. The van der Waals surface area contributed by atoms with E-state index >= 15 is 0 Å². The van der Waals surface area contributed by atoms with E-state index < -0.39 is 0 Å². The Kier molecular flexibility index (Phi) is 2.74. The summed E-state index contributed by atoms with van der Waals surface area (Å²) >= 11 is 0. The van der Waals surface area contributed by atoms with E-state index in [2.05, 4.69) is 23.3 Å². The second-order valence-corrected chi connectivity index (χ2v) is 1.63. The van der Waals surface area contributed by atoms with Gasteiger partial charge in [0, 0.05) is 0 Å². The third-order valence-electron chi connectivity index (χ3n) is 0.885. The van der Waals surface area contributed by atoms with E-state index in [0.717, 1.165) is 0 Å². The fraction of sp³-hybridized carbons (Fsp3) is 0. The summed E-state index contributed by atoms with van der Waals surface area (Å²) in [7, 11) is 0. The van der Waals surface area contributed by atoms with Crippen molar-refractivity contribution in [3.05, 3.63) is 47.9 Å². The van der Waals surface area contributed by atoms with Gasteiger partial charge in [0.1, 0.15) is 0 Å². The first-order valence-electron chi connectivity index (χ1n) is 2.99. The van der Waals surface area contributed by atoms with Crippen LogP contribution in [0.5, 0.6) is 0 Å². The van der Waals surface area contributed by atoms with Gasteiger partial charge in [-0.1, -0.05) is 23.3 Å². The smallest absolute Gasteiger partial charge is 0.0109 e. The third kappa shape index (κ3) is 2.60. The van der Waals surface area contributed by atoms with Gasteiger partial charge in [0.2, 0.25) is 0 Å². The molecule has 10 heavy (non-hydrogen) atoms. The van der Waals surface area contributed by atoms with Crippen LogP contribution in [-0.4, -0.2) is 0 Å². The maximum Gasteiger partial charge on any atom is -0.0109 e.